The molecular weight excluding hydrogens is 304 g/mol. The van der Waals surface area contributed by atoms with Crippen molar-refractivity contribution in [2.24, 2.45) is 0 Å². The van der Waals surface area contributed by atoms with Gasteiger partial charge in [0, 0.05) is 5.56 Å². The van der Waals surface area contributed by atoms with Gasteiger partial charge in [0.05, 0.1) is 18.0 Å². The van der Waals surface area contributed by atoms with E-state index in [1.54, 1.807) is 0 Å². The summed E-state index contributed by atoms with van der Waals surface area (Å²) in [5, 5.41) is 15.1. The average Bonchev–Trinajstić information content (AvgIpc) is 3.04. The van der Waals surface area contributed by atoms with E-state index in [0.717, 1.165) is 32.1 Å². The molecule has 0 aliphatic heterocycles. The molecule has 0 unspecified atom stereocenters. The predicted octanol–water partition coefficient (Wildman–Crippen LogP) is 2.98. The van der Waals surface area contributed by atoms with Crippen molar-refractivity contribution in [2.75, 3.05) is 0 Å². The highest BCUT2D eigenvalue weighted by atomic mass is 32.2. The standard InChI is InChI=1S/C14H14N4OS2/c1-9-12(8-19)13(20-14-15-10(2)17-21-14)18(16-9)11-6-4-3-5-7-11/h3-7,19H,8H2,1-2H3. The fourth-order valence-corrected chi connectivity index (χ4v) is 3.80. The van der Waals surface area contributed by atoms with Gasteiger partial charge < -0.3 is 5.11 Å². The smallest absolute Gasteiger partial charge is 0.176 e. The van der Waals surface area contributed by atoms with Crippen LogP contribution >= 0.6 is 23.3 Å². The molecule has 0 aliphatic rings. The van der Waals surface area contributed by atoms with Crippen molar-refractivity contribution in [2.45, 2.75) is 29.8 Å². The van der Waals surface area contributed by atoms with Gasteiger partial charge in [-0.25, -0.2) is 9.67 Å². The molecule has 3 rings (SSSR count). The van der Waals surface area contributed by atoms with Crippen molar-refractivity contribution in [3.05, 3.63) is 47.4 Å². The van der Waals surface area contributed by atoms with E-state index in [1.807, 2.05) is 48.9 Å². The van der Waals surface area contributed by atoms with E-state index in [4.69, 9.17) is 0 Å². The molecule has 0 fully saturated rings. The molecule has 21 heavy (non-hydrogen) atoms. The van der Waals surface area contributed by atoms with Crippen molar-refractivity contribution in [3.63, 3.8) is 0 Å². The normalized spacial score (nSPS) is 11.0. The molecule has 3 aromatic rings. The minimum Gasteiger partial charge on any atom is -0.392 e. The number of nitrogens with zero attached hydrogens (tertiary/aromatic N) is 4. The summed E-state index contributed by atoms with van der Waals surface area (Å²) in [6, 6.07) is 9.88. The molecule has 2 aromatic heterocycles. The predicted molar refractivity (Wildman–Crippen MR) is 83.0 cm³/mol. The molecule has 0 spiro atoms. The van der Waals surface area contributed by atoms with Gasteiger partial charge in [-0.1, -0.05) is 18.2 Å². The van der Waals surface area contributed by atoms with Gasteiger partial charge in [-0.3, -0.25) is 0 Å². The summed E-state index contributed by atoms with van der Waals surface area (Å²) in [6.07, 6.45) is 0. The zero-order chi connectivity index (χ0) is 14.8. The van der Waals surface area contributed by atoms with Crippen LogP contribution in [0.2, 0.25) is 0 Å². The van der Waals surface area contributed by atoms with Gasteiger partial charge in [0.25, 0.3) is 0 Å². The molecule has 0 aliphatic carbocycles. The van der Waals surface area contributed by atoms with Gasteiger partial charge in [0.2, 0.25) is 0 Å². The highest BCUT2D eigenvalue weighted by Gasteiger charge is 2.18. The molecule has 1 N–H and O–H groups in total. The number of hydrogen-bond donors (Lipinski definition) is 1. The fraction of sp³-hybridized carbons (Fsp3) is 0.214. The minimum absolute atomic E-state index is 0.0429. The lowest BCUT2D eigenvalue weighted by atomic mass is 10.3. The summed E-state index contributed by atoms with van der Waals surface area (Å²) in [4.78, 5) is 4.37. The van der Waals surface area contributed by atoms with E-state index in [0.29, 0.717) is 0 Å². The lowest BCUT2D eigenvalue weighted by Gasteiger charge is -2.06. The molecule has 0 amide bonds. The lowest BCUT2D eigenvalue weighted by Crippen LogP contribution is -1.98. The van der Waals surface area contributed by atoms with Crippen LogP contribution < -0.4 is 0 Å². The van der Waals surface area contributed by atoms with Crippen LogP contribution in [0.15, 0.2) is 39.7 Å². The van der Waals surface area contributed by atoms with Crippen LogP contribution in [-0.2, 0) is 6.61 Å². The molecule has 0 saturated carbocycles. The molecule has 7 heteroatoms. The SMILES string of the molecule is Cc1nsc(Sc2c(CO)c(C)nn2-c2ccccc2)n1. The van der Waals surface area contributed by atoms with Gasteiger partial charge >= 0.3 is 0 Å². The summed E-state index contributed by atoms with van der Waals surface area (Å²) < 4.78 is 6.89. The van der Waals surface area contributed by atoms with Crippen molar-refractivity contribution < 1.29 is 5.11 Å². The van der Waals surface area contributed by atoms with Crippen molar-refractivity contribution >= 4 is 23.3 Å². The minimum atomic E-state index is -0.0429. The number of aromatic nitrogens is 4. The van der Waals surface area contributed by atoms with Gasteiger partial charge in [-0.05, 0) is 49.3 Å². The molecule has 0 radical (unpaired) electrons. The highest BCUT2D eigenvalue weighted by Crippen LogP contribution is 2.34. The number of aliphatic hydroxyl groups excluding tert-OH is 1. The molecule has 0 bridgehead atoms. The quantitative estimate of drug-likeness (QED) is 0.801. The van der Waals surface area contributed by atoms with E-state index in [1.165, 1.54) is 23.3 Å². The Hall–Kier alpha value is -1.70. The molecule has 108 valence electrons. The van der Waals surface area contributed by atoms with Crippen LogP contribution in [0, 0.1) is 13.8 Å². The van der Waals surface area contributed by atoms with Crippen LogP contribution in [0.3, 0.4) is 0 Å². The highest BCUT2D eigenvalue weighted by molar-refractivity contribution is 8.01. The summed E-state index contributed by atoms with van der Waals surface area (Å²) >= 11 is 2.84. The fourth-order valence-electron chi connectivity index (χ4n) is 1.97. The number of aryl methyl sites for hydroxylation is 2. The molecule has 2 heterocycles. The largest absolute Gasteiger partial charge is 0.392 e. The monoisotopic (exact) mass is 318 g/mol. The molecular formula is C14H14N4OS2. The summed E-state index contributed by atoms with van der Waals surface area (Å²) in [7, 11) is 0. The average molecular weight is 318 g/mol. The van der Waals surface area contributed by atoms with E-state index in [-0.39, 0.29) is 6.61 Å². The van der Waals surface area contributed by atoms with Crippen LogP contribution in [0.4, 0.5) is 0 Å². The number of rotatable bonds is 4. The van der Waals surface area contributed by atoms with Crippen LogP contribution in [0.1, 0.15) is 17.1 Å². The Kier molecular flexibility index (Phi) is 4.05. The summed E-state index contributed by atoms with van der Waals surface area (Å²) in [6.45, 7) is 3.73. The van der Waals surface area contributed by atoms with Crippen LogP contribution in [0.25, 0.3) is 5.69 Å². The zero-order valence-electron chi connectivity index (χ0n) is 11.6. The first-order valence-electron chi connectivity index (χ1n) is 6.42. The first-order valence-corrected chi connectivity index (χ1v) is 8.01. The van der Waals surface area contributed by atoms with Crippen molar-refractivity contribution in [1.29, 1.82) is 0 Å². The third-order valence-electron chi connectivity index (χ3n) is 2.99. The number of para-hydroxylation sites is 1. The molecule has 1 aromatic carbocycles. The Morgan fingerprint density at radius 3 is 2.62 bits per heavy atom. The van der Waals surface area contributed by atoms with Gasteiger partial charge in [-0.15, -0.1) is 0 Å². The zero-order valence-corrected chi connectivity index (χ0v) is 13.3. The topological polar surface area (TPSA) is 63.8 Å². The maximum absolute atomic E-state index is 9.64. The summed E-state index contributed by atoms with van der Waals surface area (Å²) in [5.41, 5.74) is 2.62. The number of aliphatic hydroxyl groups is 1. The first-order chi connectivity index (χ1) is 10.2. The van der Waals surface area contributed by atoms with Gasteiger partial charge in [0.1, 0.15) is 10.9 Å². The Labute approximate surface area is 130 Å². The Bertz CT molecular complexity index is 752. The second-order valence-corrected chi connectivity index (χ2v) is 6.47. The van der Waals surface area contributed by atoms with Crippen LogP contribution in [0.5, 0.6) is 0 Å². The Balaban J connectivity index is 2.08. The number of hydrogen-bond acceptors (Lipinski definition) is 6. The second-order valence-electron chi connectivity index (χ2n) is 4.48. The maximum atomic E-state index is 9.64. The first kappa shape index (κ1) is 14.2. The molecule has 0 saturated heterocycles. The van der Waals surface area contributed by atoms with Crippen LogP contribution in [-0.4, -0.2) is 24.2 Å². The van der Waals surface area contributed by atoms with Gasteiger partial charge in [0.15, 0.2) is 4.34 Å². The second kappa shape index (κ2) is 5.97. The van der Waals surface area contributed by atoms with Crippen molar-refractivity contribution in [1.82, 2.24) is 19.1 Å². The van der Waals surface area contributed by atoms with E-state index >= 15 is 0 Å². The Morgan fingerprint density at radius 1 is 1.24 bits per heavy atom. The lowest BCUT2D eigenvalue weighted by molar-refractivity contribution is 0.278. The molecule has 0 atom stereocenters. The Morgan fingerprint density at radius 2 is 2.00 bits per heavy atom. The molecule has 5 nitrogen and oxygen atoms in total. The third-order valence-corrected chi connectivity index (χ3v) is 4.94. The number of benzene rings is 1. The van der Waals surface area contributed by atoms with E-state index in [9.17, 15) is 5.11 Å². The van der Waals surface area contributed by atoms with Gasteiger partial charge in [-0.2, -0.15) is 9.47 Å². The van der Waals surface area contributed by atoms with E-state index in [2.05, 4.69) is 14.5 Å². The summed E-state index contributed by atoms with van der Waals surface area (Å²) in [5.74, 6) is 0.760. The van der Waals surface area contributed by atoms with Crippen molar-refractivity contribution in [3.8, 4) is 5.69 Å². The van der Waals surface area contributed by atoms with E-state index < -0.39 is 0 Å². The third kappa shape index (κ3) is 2.85. The maximum Gasteiger partial charge on any atom is 0.176 e.